The highest BCUT2D eigenvalue weighted by Gasteiger charge is 2.24. The van der Waals surface area contributed by atoms with Gasteiger partial charge in [-0.15, -0.1) is 0 Å². The molecule has 3 heteroatoms. The van der Waals surface area contributed by atoms with Crippen molar-refractivity contribution in [2.45, 2.75) is 0 Å². The van der Waals surface area contributed by atoms with E-state index in [0.29, 0.717) is 0 Å². The Labute approximate surface area is 393 Å². The molecule has 16 aromatic rings. The van der Waals surface area contributed by atoms with Crippen LogP contribution in [-0.4, -0.2) is 0 Å². The van der Waals surface area contributed by atoms with E-state index in [-0.39, 0.29) is 0 Å². The zero-order valence-electron chi connectivity index (χ0n) is 37.0. The molecule has 0 saturated heterocycles. The van der Waals surface area contributed by atoms with Crippen molar-refractivity contribution in [3.8, 4) is 33.4 Å². The Morgan fingerprint density at radius 2 is 0.449 bits per heavy atom. The molecule has 0 atom stereocenters. The summed E-state index contributed by atoms with van der Waals surface area (Å²) in [6.45, 7) is 0. The molecule has 0 bridgehead atoms. The van der Waals surface area contributed by atoms with Gasteiger partial charge < -0.3 is 13.3 Å². The summed E-state index contributed by atoms with van der Waals surface area (Å²) < 4.78 is 21.4. The molecule has 3 aromatic heterocycles. The topological polar surface area (TPSA) is 39.4 Å². The van der Waals surface area contributed by atoms with Crippen LogP contribution in [0.3, 0.4) is 0 Å². The van der Waals surface area contributed by atoms with E-state index in [1.54, 1.807) is 0 Å². The van der Waals surface area contributed by atoms with Gasteiger partial charge >= 0.3 is 0 Å². The summed E-state index contributed by atoms with van der Waals surface area (Å²) >= 11 is 0. The second-order valence-corrected chi connectivity index (χ2v) is 18.6. The van der Waals surface area contributed by atoms with Gasteiger partial charge in [0.25, 0.3) is 0 Å². The summed E-state index contributed by atoms with van der Waals surface area (Å²) in [4.78, 5) is 0. The summed E-state index contributed by atoms with van der Waals surface area (Å²) in [7, 11) is 0. The third-order valence-electron chi connectivity index (χ3n) is 14.9. The Morgan fingerprint density at radius 3 is 0.739 bits per heavy atom. The van der Waals surface area contributed by atoms with Crippen LogP contribution in [0.4, 0.5) is 0 Å². The van der Waals surface area contributed by atoms with Crippen LogP contribution in [0.15, 0.2) is 232 Å². The maximum absolute atomic E-state index is 7.13. The lowest BCUT2D eigenvalue weighted by Gasteiger charge is -2.15. The van der Waals surface area contributed by atoms with E-state index >= 15 is 0 Å². The predicted octanol–water partition coefficient (Wildman–Crippen LogP) is 19.3. The summed E-state index contributed by atoms with van der Waals surface area (Å²) in [5, 5.41) is 20.8. The molecule has 0 aliphatic heterocycles. The number of furan rings is 3. The fourth-order valence-corrected chi connectivity index (χ4v) is 11.9. The molecule has 0 spiro atoms. The molecule has 0 radical (unpaired) electrons. The van der Waals surface area contributed by atoms with Crippen LogP contribution < -0.4 is 0 Å². The molecule has 0 unspecified atom stereocenters. The average Bonchev–Trinajstić information content (AvgIpc) is 4.13. The van der Waals surface area contributed by atoms with E-state index in [9.17, 15) is 0 Å². The highest BCUT2D eigenvalue weighted by atomic mass is 16.3. The molecule has 0 saturated carbocycles. The minimum absolute atomic E-state index is 0.862. The summed E-state index contributed by atoms with van der Waals surface area (Å²) in [6, 6.07) is 79.0. The van der Waals surface area contributed by atoms with Gasteiger partial charge in [0.15, 0.2) is 0 Å². The smallest absolute Gasteiger partial charge is 0.143 e. The van der Waals surface area contributed by atoms with Crippen LogP contribution in [0.5, 0.6) is 0 Å². The van der Waals surface area contributed by atoms with Crippen molar-refractivity contribution in [3.05, 3.63) is 218 Å². The third-order valence-corrected chi connectivity index (χ3v) is 14.9. The second kappa shape index (κ2) is 13.7. The van der Waals surface area contributed by atoms with Crippen LogP contribution in [0.25, 0.3) is 164 Å². The van der Waals surface area contributed by atoms with Gasteiger partial charge in [-0.1, -0.05) is 164 Å². The van der Waals surface area contributed by atoms with Gasteiger partial charge in [-0.25, -0.2) is 0 Å². The predicted molar refractivity (Wildman–Crippen MR) is 290 cm³/mol. The van der Waals surface area contributed by atoms with Crippen molar-refractivity contribution in [1.82, 2.24) is 0 Å². The van der Waals surface area contributed by atoms with E-state index < -0.39 is 0 Å². The molecule has 0 aliphatic carbocycles. The molecule has 3 nitrogen and oxygen atoms in total. The second-order valence-electron chi connectivity index (χ2n) is 18.6. The number of benzene rings is 13. The molecule has 16 rings (SSSR count). The first-order valence-electron chi connectivity index (χ1n) is 23.6. The van der Waals surface area contributed by atoms with Crippen LogP contribution in [-0.2, 0) is 0 Å². The summed E-state index contributed by atoms with van der Waals surface area (Å²) in [5.41, 5.74) is 11.4. The van der Waals surface area contributed by atoms with Gasteiger partial charge in [-0.05, 0) is 136 Å². The molecule has 0 fully saturated rings. The first-order valence-corrected chi connectivity index (χ1v) is 23.6. The summed E-state index contributed by atoms with van der Waals surface area (Å²) in [6.07, 6.45) is 0. The largest absolute Gasteiger partial charge is 0.455 e. The molecular formula is C66H36O3. The first-order chi connectivity index (χ1) is 34.2. The van der Waals surface area contributed by atoms with Crippen molar-refractivity contribution < 1.29 is 13.3 Å². The maximum Gasteiger partial charge on any atom is 0.143 e. The minimum Gasteiger partial charge on any atom is -0.455 e. The average molecular weight is 877 g/mol. The Balaban J connectivity index is 1.07. The van der Waals surface area contributed by atoms with Crippen LogP contribution in [0.1, 0.15) is 0 Å². The van der Waals surface area contributed by atoms with E-state index in [2.05, 4.69) is 218 Å². The molecule has 0 amide bonds. The van der Waals surface area contributed by atoms with Crippen LogP contribution >= 0.6 is 0 Å². The molecule has 3 heterocycles. The monoisotopic (exact) mass is 876 g/mol. The Hall–Kier alpha value is -9.18. The van der Waals surface area contributed by atoms with Gasteiger partial charge in [0.2, 0.25) is 0 Å². The van der Waals surface area contributed by atoms with Gasteiger partial charge in [0, 0.05) is 49.0 Å². The standard InChI is InChI=1S/C66H36O3/c1-7-19-46-37(13-1)25-28-55-58(46)61-49-22-10-4-16-40(49)34-52(64(61)67-55)43-31-44(53-35-41-17-5-11-23-50(41)62-59-47-20-8-2-14-38(47)26-29-56(59)68-65(53)62)33-45(32-43)54-36-42-18-6-12-24-51(42)63-60-48-21-9-3-15-39(48)27-30-57(60)69-66(54)63/h1-36H. The number of hydrogen-bond donors (Lipinski definition) is 0. The molecule has 0 aliphatic rings. The molecule has 13 aromatic carbocycles. The lowest BCUT2D eigenvalue weighted by atomic mass is 9.88. The maximum atomic E-state index is 7.13. The molecule has 69 heavy (non-hydrogen) atoms. The fraction of sp³-hybridized carbons (Fsp3) is 0. The zero-order valence-corrected chi connectivity index (χ0v) is 37.0. The minimum atomic E-state index is 0.862. The van der Waals surface area contributed by atoms with Crippen LogP contribution in [0, 0.1) is 0 Å². The van der Waals surface area contributed by atoms with Gasteiger partial charge in [0.1, 0.15) is 33.5 Å². The van der Waals surface area contributed by atoms with Gasteiger partial charge in [-0.3, -0.25) is 0 Å². The van der Waals surface area contributed by atoms with Crippen molar-refractivity contribution in [2.75, 3.05) is 0 Å². The number of hydrogen-bond acceptors (Lipinski definition) is 3. The van der Waals surface area contributed by atoms with E-state index in [1.807, 2.05) is 0 Å². The highest BCUT2D eigenvalue weighted by Crippen LogP contribution is 2.50. The number of fused-ring (bicyclic) bond motifs is 21. The molecular weight excluding hydrogens is 841 g/mol. The SMILES string of the molecule is c1ccc2c(c1)ccc1oc3c(-c4cc(-c5cc6ccccc6c6c5oc5ccc7ccccc7c56)cc(-c5cc6ccccc6c6c5oc5ccc7ccccc7c56)c4)cc4ccccc4c3c12. The Kier molecular flexibility index (Phi) is 7.34. The first kappa shape index (κ1) is 37.0. The third kappa shape index (κ3) is 5.16. The van der Waals surface area contributed by atoms with Crippen molar-refractivity contribution in [3.63, 3.8) is 0 Å². The lowest BCUT2D eigenvalue weighted by molar-refractivity contribution is 0.670. The van der Waals surface area contributed by atoms with Gasteiger partial charge in [-0.2, -0.15) is 0 Å². The van der Waals surface area contributed by atoms with Gasteiger partial charge in [0.05, 0.1) is 0 Å². The lowest BCUT2D eigenvalue weighted by Crippen LogP contribution is -1.90. The normalized spacial score (nSPS) is 12.3. The van der Waals surface area contributed by atoms with Crippen molar-refractivity contribution >= 4 is 130 Å². The van der Waals surface area contributed by atoms with E-state index in [0.717, 1.165) is 115 Å². The molecule has 318 valence electrons. The van der Waals surface area contributed by atoms with Crippen LogP contribution in [0.2, 0.25) is 0 Å². The Morgan fingerprint density at radius 1 is 0.203 bits per heavy atom. The highest BCUT2D eigenvalue weighted by molar-refractivity contribution is 6.32. The Bertz CT molecular complexity index is 4400. The van der Waals surface area contributed by atoms with E-state index in [4.69, 9.17) is 13.3 Å². The number of rotatable bonds is 3. The molecule has 0 N–H and O–H groups in total. The van der Waals surface area contributed by atoms with E-state index in [1.165, 1.54) is 48.5 Å². The van der Waals surface area contributed by atoms with Crippen molar-refractivity contribution in [1.29, 1.82) is 0 Å². The summed E-state index contributed by atoms with van der Waals surface area (Å²) in [5.74, 6) is 0. The zero-order chi connectivity index (χ0) is 44.9. The quantitative estimate of drug-likeness (QED) is 0.178. The fourth-order valence-electron chi connectivity index (χ4n) is 11.9. The van der Waals surface area contributed by atoms with Crippen molar-refractivity contribution in [2.24, 2.45) is 0 Å².